The van der Waals surface area contributed by atoms with Gasteiger partial charge in [-0.15, -0.1) is 0 Å². The predicted octanol–water partition coefficient (Wildman–Crippen LogP) is 3.67. The van der Waals surface area contributed by atoms with Crippen LogP contribution in [0.3, 0.4) is 0 Å². The van der Waals surface area contributed by atoms with Crippen molar-refractivity contribution in [1.82, 2.24) is 9.55 Å². The van der Waals surface area contributed by atoms with Crippen LogP contribution in [0.25, 0.3) is 11.0 Å². The summed E-state index contributed by atoms with van der Waals surface area (Å²) in [6, 6.07) is 4.43. The molecule has 2 rings (SSSR count). The zero-order valence-corrected chi connectivity index (χ0v) is 11.8. The second-order valence-electron chi connectivity index (χ2n) is 5.52. The summed E-state index contributed by atoms with van der Waals surface area (Å²) in [6.07, 6.45) is 0.704. The fourth-order valence-corrected chi connectivity index (χ4v) is 2.21. The first-order valence-electron chi connectivity index (χ1n) is 6.66. The minimum Gasteiger partial charge on any atom is -0.327 e. The number of hydrogen-bond donors (Lipinski definition) is 0. The molecule has 0 spiro atoms. The molecule has 5 heteroatoms. The topological polar surface area (TPSA) is 41.6 Å². The molecule has 1 atom stereocenters. The SMILES string of the molecule is CC(C)Cc1nc2cc(F)c(F)cc2n1CC(C)C#N. The van der Waals surface area contributed by atoms with Crippen LogP contribution in [0.4, 0.5) is 8.78 Å². The van der Waals surface area contributed by atoms with Crippen LogP contribution in [0.2, 0.25) is 0 Å². The van der Waals surface area contributed by atoms with E-state index >= 15 is 0 Å². The largest absolute Gasteiger partial charge is 0.327 e. The maximum Gasteiger partial charge on any atom is 0.161 e. The van der Waals surface area contributed by atoms with Crippen LogP contribution in [0.1, 0.15) is 26.6 Å². The first kappa shape index (κ1) is 14.4. The number of nitrogens with zero attached hydrogens (tertiary/aromatic N) is 3. The van der Waals surface area contributed by atoms with Crippen LogP contribution in [0, 0.1) is 34.8 Å². The van der Waals surface area contributed by atoms with E-state index in [4.69, 9.17) is 5.26 Å². The Morgan fingerprint density at radius 3 is 2.50 bits per heavy atom. The number of rotatable bonds is 4. The fraction of sp³-hybridized carbons (Fsp3) is 0.467. The number of halogens is 2. The molecule has 2 aromatic rings. The van der Waals surface area contributed by atoms with Gasteiger partial charge in [0.2, 0.25) is 0 Å². The Hall–Kier alpha value is -1.96. The molecule has 1 aromatic heterocycles. The molecule has 1 aromatic carbocycles. The molecule has 0 fully saturated rings. The van der Waals surface area contributed by atoms with Crippen molar-refractivity contribution in [3.8, 4) is 6.07 Å². The summed E-state index contributed by atoms with van der Waals surface area (Å²) in [5.74, 6) is -0.864. The van der Waals surface area contributed by atoms with Gasteiger partial charge < -0.3 is 4.57 Å². The quantitative estimate of drug-likeness (QED) is 0.855. The third kappa shape index (κ3) is 2.79. The highest BCUT2D eigenvalue weighted by Gasteiger charge is 2.16. The van der Waals surface area contributed by atoms with Crippen LogP contribution in [0.15, 0.2) is 12.1 Å². The summed E-state index contributed by atoms with van der Waals surface area (Å²) in [5, 5.41) is 8.96. The fourth-order valence-electron chi connectivity index (χ4n) is 2.21. The van der Waals surface area contributed by atoms with Crippen LogP contribution < -0.4 is 0 Å². The zero-order valence-electron chi connectivity index (χ0n) is 11.8. The highest BCUT2D eigenvalue weighted by atomic mass is 19.2. The van der Waals surface area contributed by atoms with E-state index < -0.39 is 11.6 Å². The molecule has 0 N–H and O–H groups in total. The predicted molar refractivity (Wildman–Crippen MR) is 73.0 cm³/mol. The lowest BCUT2D eigenvalue weighted by Gasteiger charge is -2.11. The number of benzene rings is 1. The van der Waals surface area contributed by atoms with Gasteiger partial charge in [0.25, 0.3) is 0 Å². The molecule has 0 amide bonds. The van der Waals surface area contributed by atoms with Gasteiger partial charge in [0.05, 0.1) is 23.0 Å². The van der Waals surface area contributed by atoms with Gasteiger partial charge in [-0.05, 0) is 12.8 Å². The van der Waals surface area contributed by atoms with E-state index in [1.807, 2.05) is 4.57 Å². The van der Waals surface area contributed by atoms with Crippen LogP contribution in [-0.2, 0) is 13.0 Å². The smallest absolute Gasteiger partial charge is 0.161 e. The third-order valence-electron chi connectivity index (χ3n) is 3.14. The van der Waals surface area contributed by atoms with Crippen molar-refractivity contribution in [2.45, 2.75) is 33.7 Å². The first-order valence-corrected chi connectivity index (χ1v) is 6.66. The molecule has 1 unspecified atom stereocenters. The molecular formula is C15H17F2N3. The number of imidazole rings is 1. The molecule has 0 aliphatic heterocycles. The molecule has 0 aliphatic rings. The minimum atomic E-state index is -0.897. The third-order valence-corrected chi connectivity index (χ3v) is 3.14. The molecular weight excluding hydrogens is 260 g/mol. The van der Waals surface area contributed by atoms with Crippen LogP contribution in [-0.4, -0.2) is 9.55 Å². The Morgan fingerprint density at radius 1 is 1.25 bits per heavy atom. The summed E-state index contributed by atoms with van der Waals surface area (Å²) in [6.45, 7) is 6.34. The van der Waals surface area contributed by atoms with Crippen molar-refractivity contribution in [2.24, 2.45) is 11.8 Å². The highest BCUT2D eigenvalue weighted by molar-refractivity contribution is 5.76. The van der Waals surface area contributed by atoms with Gasteiger partial charge in [-0.1, -0.05) is 13.8 Å². The normalized spacial score (nSPS) is 12.8. The van der Waals surface area contributed by atoms with E-state index in [2.05, 4.69) is 24.9 Å². The van der Waals surface area contributed by atoms with E-state index in [1.165, 1.54) is 0 Å². The van der Waals surface area contributed by atoms with E-state index in [0.29, 0.717) is 29.9 Å². The maximum absolute atomic E-state index is 13.4. The van der Waals surface area contributed by atoms with E-state index in [0.717, 1.165) is 18.0 Å². The van der Waals surface area contributed by atoms with Crippen LogP contribution in [0.5, 0.6) is 0 Å². The van der Waals surface area contributed by atoms with Crippen molar-refractivity contribution in [2.75, 3.05) is 0 Å². The van der Waals surface area contributed by atoms with E-state index in [1.54, 1.807) is 6.92 Å². The van der Waals surface area contributed by atoms with Gasteiger partial charge in [-0.2, -0.15) is 5.26 Å². The summed E-state index contributed by atoms with van der Waals surface area (Å²) >= 11 is 0. The van der Waals surface area contributed by atoms with Crippen molar-refractivity contribution in [3.05, 3.63) is 29.6 Å². The first-order chi connectivity index (χ1) is 9.42. The number of nitriles is 1. The van der Waals surface area contributed by atoms with E-state index in [-0.39, 0.29) is 5.92 Å². The standard InChI is InChI=1S/C15H17F2N3/c1-9(2)4-15-19-13-5-11(16)12(17)6-14(13)20(15)8-10(3)7-18/h5-6,9-10H,4,8H2,1-3H3. The van der Waals surface area contributed by atoms with Crippen molar-refractivity contribution in [3.63, 3.8) is 0 Å². The second kappa shape index (κ2) is 5.58. The summed E-state index contributed by atoms with van der Waals surface area (Å²) < 4.78 is 28.6. The van der Waals surface area contributed by atoms with Gasteiger partial charge in [0.1, 0.15) is 5.82 Å². The molecule has 3 nitrogen and oxygen atoms in total. The molecule has 106 valence electrons. The average Bonchev–Trinajstić information content (AvgIpc) is 2.67. The monoisotopic (exact) mass is 277 g/mol. The Balaban J connectivity index is 2.58. The Bertz CT molecular complexity index is 668. The van der Waals surface area contributed by atoms with Gasteiger partial charge in [0, 0.05) is 25.1 Å². The average molecular weight is 277 g/mol. The molecule has 0 saturated carbocycles. The van der Waals surface area contributed by atoms with Crippen molar-refractivity contribution >= 4 is 11.0 Å². The number of aromatic nitrogens is 2. The Morgan fingerprint density at radius 2 is 1.90 bits per heavy atom. The van der Waals surface area contributed by atoms with Gasteiger partial charge in [0.15, 0.2) is 11.6 Å². The minimum absolute atomic E-state index is 0.216. The summed E-state index contributed by atoms with van der Waals surface area (Å²) in [7, 11) is 0. The van der Waals surface area contributed by atoms with Gasteiger partial charge in [-0.25, -0.2) is 13.8 Å². The molecule has 0 aliphatic carbocycles. The van der Waals surface area contributed by atoms with Crippen LogP contribution >= 0.6 is 0 Å². The summed E-state index contributed by atoms with van der Waals surface area (Å²) in [5.41, 5.74) is 0.978. The lowest BCUT2D eigenvalue weighted by Crippen LogP contribution is -2.11. The lowest BCUT2D eigenvalue weighted by molar-refractivity contribution is 0.508. The zero-order chi connectivity index (χ0) is 14.9. The Kier molecular flexibility index (Phi) is 4.03. The molecule has 20 heavy (non-hydrogen) atoms. The van der Waals surface area contributed by atoms with Gasteiger partial charge in [-0.3, -0.25) is 0 Å². The molecule has 0 radical (unpaired) electrons. The summed E-state index contributed by atoms with van der Waals surface area (Å²) in [4.78, 5) is 4.39. The van der Waals surface area contributed by atoms with Crippen molar-refractivity contribution in [1.29, 1.82) is 5.26 Å². The van der Waals surface area contributed by atoms with E-state index in [9.17, 15) is 8.78 Å². The van der Waals surface area contributed by atoms with Gasteiger partial charge >= 0.3 is 0 Å². The number of hydrogen-bond acceptors (Lipinski definition) is 2. The Labute approximate surface area is 116 Å². The second-order valence-corrected chi connectivity index (χ2v) is 5.52. The number of fused-ring (bicyclic) bond motifs is 1. The highest BCUT2D eigenvalue weighted by Crippen LogP contribution is 2.22. The maximum atomic E-state index is 13.4. The lowest BCUT2D eigenvalue weighted by atomic mass is 10.1. The molecule has 1 heterocycles. The molecule has 0 bridgehead atoms. The molecule has 0 saturated heterocycles. The van der Waals surface area contributed by atoms with Crippen molar-refractivity contribution < 1.29 is 8.78 Å².